The molecule has 5 nitrogen and oxygen atoms in total. The van der Waals surface area contributed by atoms with Crippen LogP contribution < -0.4 is 22.4 Å². The Morgan fingerprint density at radius 3 is 2.76 bits per heavy atom. The van der Waals surface area contributed by atoms with Gasteiger partial charge in [-0.15, -0.1) is 0 Å². The number of halogens is 1. The van der Waals surface area contributed by atoms with Crippen molar-refractivity contribution >= 4 is 18.2 Å². The Labute approximate surface area is 129 Å². The van der Waals surface area contributed by atoms with Gasteiger partial charge in [0, 0.05) is 12.1 Å². The normalized spacial score (nSPS) is 11.2. The maximum absolute atomic E-state index is 11.6. The fraction of sp³-hybridized carbons (Fsp3) is 0.133. The van der Waals surface area contributed by atoms with Crippen LogP contribution in [0.25, 0.3) is 6.08 Å². The van der Waals surface area contributed by atoms with E-state index in [1.807, 2.05) is 55.7 Å². The first kappa shape index (κ1) is 16.7. The molecular formula is C15H16ClN3O2. The number of nitrogens with zero attached hydrogens (tertiary/aromatic N) is 2. The van der Waals surface area contributed by atoms with Crippen molar-refractivity contribution in [3.05, 3.63) is 60.3 Å². The summed E-state index contributed by atoms with van der Waals surface area (Å²) in [4.78, 5) is 11.6. The quantitative estimate of drug-likeness (QED) is 0.427. The number of hydrogen-bond acceptors (Lipinski definition) is 3. The molecule has 1 N–H and O–H groups in total. The predicted molar refractivity (Wildman–Crippen MR) is 75.6 cm³/mol. The van der Waals surface area contributed by atoms with E-state index in [0.717, 1.165) is 11.3 Å². The molecule has 21 heavy (non-hydrogen) atoms. The van der Waals surface area contributed by atoms with E-state index in [2.05, 4.69) is 10.5 Å². The summed E-state index contributed by atoms with van der Waals surface area (Å²) >= 11 is 0. The van der Waals surface area contributed by atoms with E-state index in [0.29, 0.717) is 0 Å². The van der Waals surface area contributed by atoms with Crippen molar-refractivity contribution in [2.24, 2.45) is 5.10 Å². The van der Waals surface area contributed by atoms with E-state index in [-0.39, 0.29) is 24.9 Å². The van der Waals surface area contributed by atoms with Crippen LogP contribution in [0.4, 0.5) is 0 Å². The zero-order chi connectivity index (χ0) is 14.2. The van der Waals surface area contributed by atoms with Crippen molar-refractivity contribution in [2.45, 2.75) is 13.5 Å². The summed E-state index contributed by atoms with van der Waals surface area (Å²) in [6.07, 6.45) is 8.67. The van der Waals surface area contributed by atoms with Crippen LogP contribution in [0.1, 0.15) is 12.7 Å². The number of nitrogens with one attached hydrogen (secondary N) is 1. The first-order valence-electron chi connectivity index (χ1n) is 6.22. The molecule has 0 aliphatic rings. The highest BCUT2D eigenvalue weighted by Gasteiger charge is 2.06. The summed E-state index contributed by atoms with van der Waals surface area (Å²) in [5, 5.41) is 3.90. The number of furan rings is 1. The number of pyridine rings is 1. The van der Waals surface area contributed by atoms with Crippen LogP contribution in [0.2, 0.25) is 0 Å². The molecule has 0 saturated heterocycles. The molecule has 0 fully saturated rings. The van der Waals surface area contributed by atoms with Crippen molar-refractivity contribution in [1.29, 1.82) is 0 Å². The minimum absolute atomic E-state index is 0. The highest BCUT2D eigenvalue weighted by atomic mass is 35.5. The van der Waals surface area contributed by atoms with Gasteiger partial charge >= 0.3 is 5.91 Å². The number of allylic oxidation sites excluding steroid dienone is 1. The van der Waals surface area contributed by atoms with Gasteiger partial charge in [0.2, 0.25) is 6.54 Å². The maximum atomic E-state index is 11.6. The molecule has 0 aliphatic heterocycles. The molecule has 0 saturated carbocycles. The van der Waals surface area contributed by atoms with Gasteiger partial charge in [-0.25, -0.2) is 5.43 Å². The molecule has 2 aromatic heterocycles. The fourth-order valence-electron chi connectivity index (χ4n) is 1.58. The van der Waals surface area contributed by atoms with E-state index >= 15 is 0 Å². The van der Waals surface area contributed by atoms with Gasteiger partial charge in [0.15, 0.2) is 12.4 Å². The first-order valence-corrected chi connectivity index (χ1v) is 6.22. The van der Waals surface area contributed by atoms with Crippen LogP contribution in [0.5, 0.6) is 0 Å². The minimum Gasteiger partial charge on any atom is -1.00 e. The molecule has 0 aliphatic carbocycles. The van der Waals surface area contributed by atoms with Crippen LogP contribution in [-0.2, 0) is 11.3 Å². The second-order valence-electron chi connectivity index (χ2n) is 4.24. The average Bonchev–Trinajstić information content (AvgIpc) is 2.92. The van der Waals surface area contributed by atoms with Crippen LogP contribution in [0.3, 0.4) is 0 Å². The van der Waals surface area contributed by atoms with Gasteiger partial charge in [0.05, 0.1) is 12.5 Å². The number of carbonyl (C=O) groups is 1. The summed E-state index contributed by atoms with van der Waals surface area (Å²) in [6, 6.07) is 9.30. The van der Waals surface area contributed by atoms with E-state index in [9.17, 15) is 4.79 Å². The third-order valence-corrected chi connectivity index (χ3v) is 2.47. The molecule has 2 rings (SSSR count). The minimum atomic E-state index is -0.178. The second-order valence-corrected chi connectivity index (χ2v) is 4.24. The van der Waals surface area contributed by atoms with Crippen LogP contribution in [-0.4, -0.2) is 12.1 Å². The molecule has 0 radical (unpaired) electrons. The van der Waals surface area contributed by atoms with E-state index < -0.39 is 0 Å². The third kappa shape index (κ3) is 6.05. The topological polar surface area (TPSA) is 58.5 Å². The zero-order valence-corrected chi connectivity index (χ0v) is 12.3. The van der Waals surface area contributed by atoms with Crippen molar-refractivity contribution in [1.82, 2.24) is 5.43 Å². The smallest absolute Gasteiger partial charge is 0.305 e. The summed E-state index contributed by atoms with van der Waals surface area (Å²) < 4.78 is 6.96. The van der Waals surface area contributed by atoms with Crippen LogP contribution >= 0.6 is 0 Å². The summed E-state index contributed by atoms with van der Waals surface area (Å²) in [7, 11) is 0. The van der Waals surface area contributed by atoms with Crippen molar-refractivity contribution in [3.8, 4) is 0 Å². The molecule has 2 aromatic rings. The Bertz CT molecular complexity index is 607. The lowest BCUT2D eigenvalue weighted by atomic mass is 10.3. The monoisotopic (exact) mass is 305 g/mol. The number of hydrogen-bond donors (Lipinski definition) is 1. The molecule has 0 atom stereocenters. The summed E-state index contributed by atoms with van der Waals surface area (Å²) in [6.45, 7) is 2.11. The molecule has 0 bridgehead atoms. The lowest BCUT2D eigenvalue weighted by molar-refractivity contribution is -0.684. The van der Waals surface area contributed by atoms with E-state index in [1.54, 1.807) is 17.0 Å². The van der Waals surface area contributed by atoms with Crippen molar-refractivity contribution in [3.63, 3.8) is 0 Å². The van der Waals surface area contributed by atoms with Gasteiger partial charge in [-0.3, -0.25) is 4.79 Å². The average molecular weight is 306 g/mol. The molecule has 0 unspecified atom stereocenters. The molecule has 1 amide bonds. The highest BCUT2D eigenvalue weighted by Crippen LogP contribution is 2.05. The Morgan fingerprint density at radius 1 is 1.33 bits per heavy atom. The Hall–Kier alpha value is -2.40. The molecular weight excluding hydrogens is 290 g/mol. The largest absolute Gasteiger partial charge is 1.00 e. The number of aromatic nitrogens is 1. The highest BCUT2D eigenvalue weighted by molar-refractivity contribution is 5.85. The number of hydrazone groups is 1. The summed E-state index contributed by atoms with van der Waals surface area (Å²) in [5.74, 6) is 0.573. The lowest BCUT2D eigenvalue weighted by Gasteiger charge is -1.96. The van der Waals surface area contributed by atoms with Gasteiger partial charge in [-0.2, -0.15) is 9.67 Å². The SMILES string of the molecule is CC(/C=N/NC(=O)C[n+]1ccccc1)=C\c1ccco1.[Cl-]. The Kier molecular flexibility index (Phi) is 6.91. The van der Waals surface area contributed by atoms with Gasteiger partial charge in [-0.1, -0.05) is 6.07 Å². The van der Waals surface area contributed by atoms with Gasteiger partial charge in [0.1, 0.15) is 5.76 Å². The maximum Gasteiger partial charge on any atom is 0.305 e. The number of amides is 1. The Balaban J connectivity index is 0.00000220. The summed E-state index contributed by atoms with van der Waals surface area (Å²) in [5.41, 5.74) is 3.36. The van der Waals surface area contributed by atoms with Gasteiger partial charge < -0.3 is 16.8 Å². The Morgan fingerprint density at radius 2 is 2.10 bits per heavy atom. The molecule has 0 spiro atoms. The number of rotatable bonds is 5. The predicted octanol–water partition coefficient (Wildman–Crippen LogP) is -1.22. The zero-order valence-electron chi connectivity index (χ0n) is 11.6. The third-order valence-electron chi connectivity index (χ3n) is 2.47. The van der Waals surface area contributed by atoms with E-state index in [4.69, 9.17) is 4.42 Å². The molecule has 110 valence electrons. The van der Waals surface area contributed by atoms with Gasteiger partial charge in [-0.05, 0) is 30.7 Å². The second kappa shape index (κ2) is 8.71. The fourth-order valence-corrected chi connectivity index (χ4v) is 1.58. The van der Waals surface area contributed by atoms with Crippen LogP contribution in [0, 0.1) is 0 Å². The van der Waals surface area contributed by atoms with E-state index in [1.165, 1.54) is 0 Å². The van der Waals surface area contributed by atoms with Crippen molar-refractivity contribution < 1.29 is 26.2 Å². The van der Waals surface area contributed by atoms with Crippen molar-refractivity contribution in [2.75, 3.05) is 0 Å². The molecule has 6 heteroatoms. The molecule has 0 aromatic carbocycles. The first-order chi connectivity index (χ1) is 9.74. The lowest BCUT2D eigenvalue weighted by Crippen LogP contribution is -3.00. The molecule has 2 heterocycles. The van der Waals surface area contributed by atoms with Crippen LogP contribution in [0.15, 0.2) is 64.1 Å². The van der Waals surface area contributed by atoms with Gasteiger partial charge in [0.25, 0.3) is 0 Å². The number of carbonyl (C=O) groups excluding carboxylic acids is 1. The standard InChI is InChI=1S/C15H15N3O2.ClH/c1-13(10-14-6-5-9-20-14)11-16-17-15(19)12-18-7-3-2-4-8-18;/h2-11H,12H2,1H3;1H/b13-10+,16-11+;.